The van der Waals surface area contributed by atoms with Crippen LogP contribution in [0.5, 0.6) is 5.75 Å². The Morgan fingerprint density at radius 1 is 1.16 bits per heavy atom. The second kappa shape index (κ2) is 6.91. The molecule has 2 heterocycles. The molecule has 8 nitrogen and oxygen atoms in total. The molecule has 3 aromatic rings. The molecule has 0 aliphatic heterocycles. The second-order valence-corrected chi connectivity index (χ2v) is 6.96. The number of rotatable bonds is 7. The van der Waals surface area contributed by atoms with Crippen LogP contribution in [0, 0.1) is 0 Å². The summed E-state index contributed by atoms with van der Waals surface area (Å²) in [5.74, 6) is -0.829. The van der Waals surface area contributed by atoms with E-state index in [4.69, 9.17) is 9.84 Å². The van der Waals surface area contributed by atoms with Gasteiger partial charge >= 0.3 is 5.97 Å². The van der Waals surface area contributed by atoms with Crippen molar-refractivity contribution in [1.82, 2.24) is 14.7 Å². The van der Waals surface area contributed by atoms with Gasteiger partial charge in [-0.1, -0.05) is 0 Å². The molecule has 3 rings (SSSR count). The maximum absolute atomic E-state index is 12.3. The zero-order valence-electron chi connectivity index (χ0n) is 13.0. The van der Waals surface area contributed by atoms with Gasteiger partial charge < -0.3 is 14.8 Å². The van der Waals surface area contributed by atoms with Crippen LogP contribution in [0.15, 0.2) is 53.6 Å². The first-order valence-corrected chi connectivity index (χ1v) is 8.80. The molecule has 1 aromatic carbocycles. The number of hydrogen-bond donors (Lipinski definition) is 3. The number of H-pyrrole nitrogens is 1. The topological polar surface area (TPSA) is 121 Å². The summed E-state index contributed by atoms with van der Waals surface area (Å²) < 4.78 is 32.1. The van der Waals surface area contributed by atoms with Crippen molar-refractivity contribution in [3.05, 3.63) is 54.4 Å². The van der Waals surface area contributed by atoms with Gasteiger partial charge in [0.1, 0.15) is 11.4 Å². The van der Waals surface area contributed by atoms with E-state index in [0.29, 0.717) is 11.3 Å². The summed E-state index contributed by atoms with van der Waals surface area (Å²) in [6.07, 6.45) is 1.76. The largest absolute Gasteiger partial charge is 0.482 e. The van der Waals surface area contributed by atoms with Gasteiger partial charge in [0, 0.05) is 11.6 Å². The SMILES string of the molecule is O=C(O)COc1ccc(S(=O)(=O)NCc2ccc3cc[nH]c3n2)cc1. The fourth-order valence-corrected chi connectivity index (χ4v) is 3.18. The number of aliphatic carboxylic acids is 1. The standard InChI is InChI=1S/C16H15N3O5S/c20-15(21)10-24-13-3-5-14(6-4-13)25(22,23)18-9-12-2-1-11-7-8-17-16(11)19-12/h1-8,18H,9-10H2,(H,17,19)(H,20,21). The lowest BCUT2D eigenvalue weighted by Crippen LogP contribution is -2.23. The minimum atomic E-state index is -3.72. The molecule has 2 aromatic heterocycles. The van der Waals surface area contributed by atoms with E-state index in [9.17, 15) is 13.2 Å². The lowest BCUT2D eigenvalue weighted by atomic mass is 10.3. The minimum absolute atomic E-state index is 0.0502. The molecular weight excluding hydrogens is 346 g/mol. The van der Waals surface area contributed by atoms with Crippen molar-refractivity contribution < 1.29 is 23.1 Å². The van der Waals surface area contributed by atoms with Crippen LogP contribution in [0.3, 0.4) is 0 Å². The highest BCUT2D eigenvalue weighted by Gasteiger charge is 2.14. The number of ether oxygens (including phenoxy) is 1. The number of aromatic nitrogens is 2. The number of nitrogens with one attached hydrogen (secondary N) is 2. The summed E-state index contributed by atoms with van der Waals surface area (Å²) in [6, 6.07) is 11.0. The lowest BCUT2D eigenvalue weighted by molar-refractivity contribution is -0.139. The number of carboxylic acid groups (broad SMARTS) is 1. The van der Waals surface area contributed by atoms with Gasteiger partial charge in [0.15, 0.2) is 6.61 Å². The van der Waals surface area contributed by atoms with Crippen molar-refractivity contribution >= 4 is 27.0 Å². The van der Waals surface area contributed by atoms with Crippen molar-refractivity contribution in [2.75, 3.05) is 6.61 Å². The van der Waals surface area contributed by atoms with Crippen LogP contribution >= 0.6 is 0 Å². The van der Waals surface area contributed by atoms with Crippen LogP contribution in [-0.4, -0.2) is 36.1 Å². The number of sulfonamides is 1. The summed E-state index contributed by atoms with van der Waals surface area (Å²) in [5, 5.41) is 9.50. The Morgan fingerprint density at radius 2 is 1.92 bits per heavy atom. The van der Waals surface area contributed by atoms with Gasteiger partial charge in [-0.15, -0.1) is 0 Å². The predicted octanol–water partition coefficient (Wildman–Crippen LogP) is 1.50. The van der Waals surface area contributed by atoms with E-state index in [-0.39, 0.29) is 17.2 Å². The first-order chi connectivity index (χ1) is 11.9. The maximum Gasteiger partial charge on any atom is 0.341 e. The van der Waals surface area contributed by atoms with Gasteiger partial charge in [0.25, 0.3) is 0 Å². The molecule has 0 spiro atoms. The fourth-order valence-electron chi connectivity index (χ4n) is 2.18. The number of benzene rings is 1. The van der Waals surface area contributed by atoms with E-state index in [1.54, 1.807) is 12.3 Å². The van der Waals surface area contributed by atoms with Crippen molar-refractivity contribution in [2.24, 2.45) is 0 Å². The zero-order valence-corrected chi connectivity index (χ0v) is 13.8. The van der Waals surface area contributed by atoms with Crippen LogP contribution < -0.4 is 9.46 Å². The second-order valence-electron chi connectivity index (χ2n) is 5.20. The Bertz CT molecular complexity index is 996. The molecule has 130 valence electrons. The summed E-state index contributed by atoms with van der Waals surface area (Å²) in [6.45, 7) is -0.439. The average Bonchev–Trinajstić information content (AvgIpc) is 3.06. The highest BCUT2D eigenvalue weighted by molar-refractivity contribution is 7.89. The molecule has 3 N–H and O–H groups in total. The number of carboxylic acids is 1. The van der Waals surface area contributed by atoms with E-state index >= 15 is 0 Å². The van der Waals surface area contributed by atoms with E-state index < -0.39 is 22.6 Å². The third-order valence-electron chi connectivity index (χ3n) is 3.41. The molecule has 0 atom stereocenters. The van der Waals surface area contributed by atoms with E-state index in [1.807, 2.05) is 12.1 Å². The predicted molar refractivity (Wildman–Crippen MR) is 89.7 cm³/mol. The first kappa shape index (κ1) is 16.9. The lowest BCUT2D eigenvalue weighted by Gasteiger charge is -2.08. The Morgan fingerprint density at radius 3 is 2.64 bits per heavy atom. The molecular formula is C16H15N3O5S. The van der Waals surface area contributed by atoms with Gasteiger partial charge in [-0.25, -0.2) is 22.9 Å². The van der Waals surface area contributed by atoms with Crippen LogP contribution in [-0.2, 0) is 21.4 Å². The maximum atomic E-state index is 12.3. The molecule has 25 heavy (non-hydrogen) atoms. The molecule has 0 amide bonds. The molecule has 0 bridgehead atoms. The third kappa shape index (κ3) is 4.14. The Balaban J connectivity index is 1.67. The highest BCUT2D eigenvalue weighted by atomic mass is 32.2. The summed E-state index contributed by atoms with van der Waals surface area (Å²) in [5.41, 5.74) is 1.27. The van der Waals surface area contributed by atoms with Crippen LogP contribution in [0.25, 0.3) is 11.0 Å². The van der Waals surface area contributed by atoms with Crippen molar-refractivity contribution in [3.63, 3.8) is 0 Å². The molecule has 0 aliphatic carbocycles. The molecule has 0 saturated heterocycles. The van der Waals surface area contributed by atoms with Gasteiger partial charge in [0.2, 0.25) is 10.0 Å². The Hall–Kier alpha value is -2.91. The quantitative estimate of drug-likeness (QED) is 0.586. The van der Waals surface area contributed by atoms with Crippen molar-refractivity contribution in [3.8, 4) is 5.75 Å². The summed E-state index contributed by atoms with van der Waals surface area (Å²) in [4.78, 5) is 17.8. The molecule has 9 heteroatoms. The number of aromatic amines is 1. The van der Waals surface area contributed by atoms with Gasteiger partial charge in [0.05, 0.1) is 17.1 Å². The van der Waals surface area contributed by atoms with E-state index in [1.165, 1.54) is 24.3 Å². The Kier molecular flexibility index (Phi) is 4.68. The normalized spacial score (nSPS) is 11.5. The monoisotopic (exact) mass is 361 g/mol. The molecule has 0 unspecified atom stereocenters. The third-order valence-corrected chi connectivity index (χ3v) is 4.82. The number of pyridine rings is 1. The summed E-state index contributed by atoms with van der Waals surface area (Å²) in [7, 11) is -3.72. The van der Waals surface area contributed by atoms with E-state index in [0.717, 1.165) is 5.39 Å². The number of hydrogen-bond acceptors (Lipinski definition) is 5. The van der Waals surface area contributed by atoms with Crippen molar-refractivity contribution in [1.29, 1.82) is 0 Å². The van der Waals surface area contributed by atoms with E-state index in [2.05, 4.69) is 14.7 Å². The number of nitrogens with zero attached hydrogens (tertiary/aromatic N) is 1. The molecule has 0 radical (unpaired) electrons. The molecule has 0 aliphatic rings. The fraction of sp³-hybridized carbons (Fsp3) is 0.125. The van der Waals surface area contributed by atoms with Gasteiger partial charge in [-0.3, -0.25) is 0 Å². The van der Waals surface area contributed by atoms with Crippen LogP contribution in [0.2, 0.25) is 0 Å². The number of fused-ring (bicyclic) bond motifs is 1. The summed E-state index contributed by atoms with van der Waals surface area (Å²) >= 11 is 0. The zero-order chi connectivity index (χ0) is 17.9. The Labute approximate surface area is 143 Å². The van der Waals surface area contributed by atoms with Gasteiger partial charge in [-0.2, -0.15) is 0 Å². The van der Waals surface area contributed by atoms with Gasteiger partial charge in [-0.05, 0) is 42.5 Å². The average molecular weight is 361 g/mol. The van der Waals surface area contributed by atoms with Crippen LogP contribution in [0.4, 0.5) is 0 Å². The molecule has 0 saturated carbocycles. The molecule has 0 fully saturated rings. The smallest absolute Gasteiger partial charge is 0.341 e. The minimum Gasteiger partial charge on any atom is -0.482 e. The van der Waals surface area contributed by atoms with Crippen LogP contribution in [0.1, 0.15) is 5.69 Å². The highest BCUT2D eigenvalue weighted by Crippen LogP contribution is 2.16. The number of carbonyl (C=O) groups is 1. The van der Waals surface area contributed by atoms with Crippen molar-refractivity contribution in [2.45, 2.75) is 11.4 Å². The first-order valence-electron chi connectivity index (χ1n) is 7.31.